The fourth-order valence-electron chi connectivity index (χ4n) is 4.74. The van der Waals surface area contributed by atoms with Crippen molar-refractivity contribution >= 4 is 28.7 Å². The fourth-order valence-corrected chi connectivity index (χ4v) is 5.01. The van der Waals surface area contributed by atoms with Crippen LogP contribution in [0.5, 0.6) is 0 Å². The highest BCUT2D eigenvalue weighted by molar-refractivity contribution is 7.80. The molecule has 4 rings (SSSR count). The molecule has 2 aliphatic rings. The van der Waals surface area contributed by atoms with E-state index in [4.69, 9.17) is 17.0 Å². The van der Waals surface area contributed by atoms with E-state index in [-0.39, 0.29) is 0 Å². The summed E-state index contributed by atoms with van der Waals surface area (Å²) in [4.78, 5) is 7.29. The average molecular weight is 467 g/mol. The number of nitrogens with one attached hydrogen (secondary N) is 1. The molecule has 0 spiro atoms. The van der Waals surface area contributed by atoms with Gasteiger partial charge in [0, 0.05) is 57.2 Å². The van der Waals surface area contributed by atoms with Crippen LogP contribution in [0.1, 0.15) is 35.6 Å². The first-order valence-electron chi connectivity index (χ1n) is 12.3. The van der Waals surface area contributed by atoms with Crippen LogP contribution in [0.2, 0.25) is 0 Å². The van der Waals surface area contributed by atoms with Crippen LogP contribution in [0, 0.1) is 13.8 Å². The number of aryl methyl sites for hydroxylation is 3. The second-order valence-electron chi connectivity index (χ2n) is 9.25. The zero-order chi connectivity index (χ0) is 23.2. The lowest BCUT2D eigenvalue weighted by Crippen LogP contribution is -2.44. The van der Waals surface area contributed by atoms with Gasteiger partial charge in [-0.15, -0.1) is 0 Å². The summed E-state index contributed by atoms with van der Waals surface area (Å²) in [7, 11) is 0. The minimum atomic E-state index is 0.791. The van der Waals surface area contributed by atoms with E-state index in [1.54, 1.807) is 0 Å². The van der Waals surface area contributed by atoms with E-state index in [9.17, 15) is 0 Å². The first-order chi connectivity index (χ1) is 16.0. The van der Waals surface area contributed by atoms with Crippen LogP contribution in [0.4, 0.5) is 11.4 Å². The molecule has 1 saturated heterocycles. The van der Waals surface area contributed by atoms with Crippen LogP contribution in [0.3, 0.4) is 0 Å². The van der Waals surface area contributed by atoms with Gasteiger partial charge >= 0.3 is 0 Å². The molecular formula is C27H38N4OS. The van der Waals surface area contributed by atoms with Gasteiger partial charge in [0.05, 0.1) is 13.2 Å². The number of hydrogen-bond donors (Lipinski definition) is 1. The number of rotatable bonds is 7. The van der Waals surface area contributed by atoms with Gasteiger partial charge in [-0.05, 0) is 86.3 Å². The Morgan fingerprint density at radius 3 is 2.64 bits per heavy atom. The van der Waals surface area contributed by atoms with Crippen LogP contribution in [0.15, 0.2) is 36.4 Å². The third kappa shape index (κ3) is 6.25. The van der Waals surface area contributed by atoms with Gasteiger partial charge in [0.15, 0.2) is 5.11 Å². The van der Waals surface area contributed by atoms with E-state index in [2.05, 4.69) is 77.2 Å². The van der Waals surface area contributed by atoms with E-state index >= 15 is 0 Å². The van der Waals surface area contributed by atoms with Crippen molar-refractivity contribution < 1.29 is 4.74 Å². The molecule has 0 bridgehead atoms. The summed E-state index contributed by atoms with van der Waals surface area (Å²) >= 11 is 5.92. The Morgan fingerprint density at radius 2 is 1.88 bits per heavy atom. The lowest BCUT2D eigenvalue weighted by Gasteiger charge is -2.33. The molecule has 0 unspecified atom stereocenters. The normalized spacial score (nSPS) is 16.4. The Hall–Kier alpha value is -2.15. The third-order valence-corrected chi connectivity index (χ3v) is 7.31. The van der Waals surface area contributed by atoms with E-state index in [0.717, 1.165) is 63.3 Å². The van der Waals surface area contributed by atoms with Crippen LogP contribution >= 0.6 is 12.2 Å². The number of hydrogen-bond acceptors (Lipinski definition) is 4. The maximum absolute atomic E-state index is 5.92. The van der Waals surface area contributed by atoms with Crippen molar-refractivity contribution in [2.24, 2.45) is 0 Å². The number of nitrogens with zero attached hydrogens (tertiary/aromatic N) is 3. The number of ether oxygens (including phenoxy) is 1. The Morgan fingerprint density at radius 1 is 1.06 bits per heavy atom. The Bertz CT molecular complexity index is 957. The Kier molecular flexibility index (Phi) is 8.23. The second-order valence-corrected chi connectivity index (χ2v) is 9.64. The summed E-state index contributed by atoms with van der Waals surface area (Å²) in [5.74, 6) is 0. The lowest BCUT2D eigenvalue weighted by atomic mass is 9.99. The van der Waals surface area contributed by atoms with Crippen LogP contribution in [0.25, 0.3) is 0 Å². The molecule has 178 valence electrons. The van der Waals surface area contributed by atoms with E-state index in [1.807, 2.05) is 0 Å². The first-order valence-corrected chi connectivity index (χ1v) is 12.7. The highest BCUT2D eigenvalue weighted by Crippen LogP contribution is 2.28. The van der Waals surface area contributed by atoms with Gasteiger partial charge in [0.25, 0.3) is 0 Å². The van der Waals surface area contributed by atoms with Gasteiger partial charge in [-0.2, -0.15) is 0 Å². The van der Waals surface area contributed by atoms with Gasteiger partial charge < -0.3 is 19.9 Å². The van der Waals surface area contributed by atoms with Gasteiger partial charge in [0.1, 0.15) is 0 Å². The van der Waals surface area contributed by atoms with E-state index in [0.29, 0.717) is 0 Å². The van der Waals surface area contributed by atoms with Crippen molar-refractivity contribution in [1.29, 1.82) is 0 Å². The number of anilines is 2. The van der Waals surface area contributed by atoms with Gasteiger partial charge in [-0.3, -0.25) is 4.90 Å². The summed E-state index contributed by atoms with van der Waals surface area (Å²) in [5, 5.41) is 4.29. The summed E-state index contributed by atoms with van der Waals surface area (Å²) in [6.07, 6.45) is 2.40. The minimum absolute atomic E-state index is 0.791. The quantitative estimate of drug-likeness (QED) is 0.600. The molecule has 2 aromatic rings. The molecule has 0 radical (unpaired) electrons. The topological polar surface area (TPSA) is 31.0 Å². The second kappa shape index (κ2) is 11.3. The molecule has 2 aliphatic heterocycles. The maximum atomic E-state index is 5.92. The molecule has 0 atom stereocenters. The van der Waals surface area contributed by atoms with Crippen molar-refractivity contribution in [1.82, 2.24) is 9.80 Å². The molecule has 0 saturated carbocycles. The summed E-state index contributed by atoms with van der Waals surface area (Å²) < 4.78 is 5.52. The Labute approximate surface area is 204 Å². The van der Waals surface area contributed by atoms with Crippen molar-refractivity contribution in [2.75, 3.05) is 62.7 Å². The zero-order valence-electron chi connectivity index (χ0n) is 20.4. The molecule has 0 aromatic heterocycles. The van der Waals surface area contributed by atoms with E-state index < -0.39 is 0 Å². The van der Waals surface area contributed by atoms with Crippen molar-refractivity contribution in [3.05, 3.63) is 58.7 Å². The van der Waals surface area contributed by atoms with Crippen LogP contribution < -0.4 is 10.2 Å². The molecule has 1 fully saturated rings. The molecule has 0 aliphatic carbocycles. The number of fused-ring (bicyclic) bond motifs is 1. The molecule has 1 N–H and O–H groups in total. The molecule has 33 heavy (non-hydrogen) atoms. The summed E-state index contributed by atoms with van der Waals surface area (Å²) in [6, 6.07) is 13.5. The first kappa shape index (κ1) is 24.0. The van der Waals surface area contributed by atoms with Gasteiger partial charge in [0.2, 0.25) is 0 Å². The number of morpholine rings is 1. The molecule has 0 amide bonds. The molecule has 2 aromatic carbocycles. The molecule has 5 nitrogen and oxygen atoms in total. The highest BCUT2D eigenvalue weighted by atomic mass is 32.1. The SMILES string of the molecule is CCN1CCCc2cc(CN(CCN3CCOCC3)C(=S)Nc3ccc(C)c(C)c3)ccc21. The van der Waals surface area contributed by atoms with Gasteiger partial charge in [-0.1, -0.05) is 18.2 Å². The molecule has 6 heteroatoms. The average Bonchev–Trinajstić information content (AvgIpc) is 2.84. The largest absolute Gasteiger partial charge is 0.379 e. The van der Waals surface area contributed by atoms with Crippen molar-refractivity contribution in [3.8, 4) is 0 Å². The smallest absolute Gasteiger partial charge is 0.173 e. The lowest BCUT2D eigenvalue weighted by molar-refractivity contribution is 0.0358. The third-order valence-electron chi connectivity index (χ3n) is 6.95. The summed E-state index contributed by atoms with van der Waals surface area (Å²) in [5.41, 5.74) is 7.84. The Balaban J connectivity index is 1.49. The number of thiocarbonyl (C=S) groups is 1. The van der Waals surface area contributed by atoms with Gasteiger partial charge in [-0.25, -0.2) is 0 Å². The predicted octanol–water partition coefficient (Wildman–Crippen LogP) is 4.61. The monoisotopic (exact) mass is 466 g/mol. The number of benzene rings is 2. The maximum Gasteiger partial charge on any atom is 0.173 e. The van der Waals surface area contributed by atoms with Crippen LogP contribution in [-0.4, -0.2) is 67.4 Å². The zero-order valence-corrected chi connectivity index (χ0v) is 21.2. The summed E-state index contributed by atoms with van der Waals surface area (Å²) in [6.45, 7) is 15.1. The highest BCUT2D eigenvalue weighted by Gasteiger charge is 2.19. The van der Waals surface area contributed by atoms with E-state index in [1.165, 1.54) is 47.3 Å². The molecule has 2 heterocycles. The van der Waals surface area contributed by atoms with Crippen molar-refractivity contribution in [2.45, 2.75) is 40.2 Å². The predicted molar refractivity (Wildman–Crippen MR) is 142 cm³/mol. The fraction of sp³-hybridized carbons (Fsp3) is 0.519. The van der Waals surface area contributed by atoms with Crippen molar-refractivity contribution in [3.63, 3.8) is 0 Å². The molecular weight excluding hydrogens is 428 g/mol. The van der Waals surface area contributed by atoms with Crippen LogP contribution in [-0.2, 0) is 17.7 Å². The standard InChI is InChI=1S/C27H38N4OS/c1-4-30-11-5-6-24-19-23(8-10-26(24)30)20-31(13-12-29-14-16-32-17-15-29)27(33)28-25-9-7-21(2)22(3)18-25/h7-10,18-19H,4-6,11-17,20H2,1-3H3,(H,28,33). The minimum Gasteiger partial charge on any atom is -0.379 e.